The molecule has 1 aliphatic heterocycles. The molecule has 1 aliphatic rings. The number of likely N-dealkylation sites (tertiary alicyclic amines) is 1. The number of hydrogen-bond acceptors (Lipinski definition) is 3. The van der Waals surface area contributed by atoms with Gasteiger partial charge in [-0.2, -0.15) is 0 Å². The standard InChI is InChI=1S/C12H23N3O2/c1-8(2)6-11(13)12(17)15-5-4-10(7-15)14-9(3)16/h8,10-11H,4-7,13H2,1-3H3,(H,14,16). The number of carbonyl (C=O) groups is 2. The lowest BCUT2D eigenvalue weighted by atomic mass is 10.0. The van der Waals surface area contributed by atoms with Crippen LogP contribution in [-0.2, 0) is 9.59 Å². The topological polar surface area (TPSA) is 75.4 Å². The smallest absolute Gasteiger partial charge is 0.239 e. The van der Waals surface area contributed by atoms with Crippen LogP contribution in [0.25, 0.3) is 0 Å². The molecule has 1 saturated heterocycles. The highest BCUT2D eigenvalue weighted by Crippen LogP contribution is 2.13. The molecule has 1 heterocycles. The molecule has 2 unspecified atom stereocenters. The molecule has 5 heteroatoms. The average Bonchev–Trinajstić information content (AvgIpc) is 2.62. The Hall–Kier alpha value is -1.10. The summed E-state index contributed by atoms with van der Waals surface area (Å²) < 4.78 is 0. The van der Waals surface area contributed by atoms with Crippen LogP contribution in [0.3, 0.4) is 0 Å². The summed E-state index contributed by atoms with van der Waals surface area (Å²) in [7, 11) is 0. The molecule has 0 bridgehead atoms. The first kappa shape index (κ1) is 14.0. The molecular weight excluding hydrogens is 218 g/mol. The minimum atomic E-state index is -0.411. The minimum absolute atomic E-state index is 0.00607. The van der Waals surface area contributed by atoms with Crippen molar-refractivity contribution in [3.05, 3.63) is 0 Å². The largest absolute Gasteiger partial charge is 0.352 e. The maximum absolute atomic E-state index is 12.0. The van der Waals surface area contributed by atoms with Gasteiger partial charge in [-0.1, -0.05) is 13.8 Å². The quantitative estimate of drug-likeness (QED) is 0.733. The molecule has 3 N–H and O–H groups in total. The number of carbonyl (C=O) groups excluding carboxylic acids is 2. The molecule has 5 nitrogen and oxygen atoms in total. The number of nitrogens with two attached hydrogens (primary N) is 1. The van der Waals surface area contributed by atoms with E-state index in [2.05, 4.69) is 19.2 Å². The Balaban J connectivity index is 2.42. The van der Waals surface area contributed by atoms with Gasteiger partial charge in [0, 0.05) is 26.1 Å². The highest BCUT2D eigenvalue weighted by Gasteiger charge is 2.29. The van der Waals surface area contributed by atoms with Crippen molar-refractivity contribution in [2.45, 2.75) is 45.7 Å². The SMILES string of the molecule is CC(=O)NC1CCN(C(=O)C(N)CC(C)C)C1. The van der Waals surface area contributed by atoms with E-state index in [1.807, 2.05) is 0 Å². The zero-order valence-corrected chi connectivity index (χ0v) is 10.9. The number of hydrogen-bond donors (Lipinski definition) is 2. The molecule has 1 rings (SSSR count). The summed E-state index contributed by atoms with van der Waals surface area (Å²) in [4.78, 5) is 24.7. The number of rotatable bonds is 4. The van der Waals surface area contributed by atoms with Crippen LogP contribution in [-0.4, -0.2) is 41.9 Å². The lowest BCUT2D eigenvalue weighted by molar-refractivity contribution is -0.132. The third kappa shape index (κ3) is 4.34. The second kappa shape index (κ2) is 6.00. The Labute approximate surface area is 103 Å². The summed E-state index contributed by atoms with van der Waals surface area (Å²) in [6.45, 7) is 6.88. The molecule has 0 aromatic heterocycles. The lowest BCUT2D eigenvalue weighted by Gasteiger charge is -2.22. The first-order valence-electron chi connectivity index (χ1n) is 6.21. The number of nitrogens with one attached hydrogen (secondary N) is 1. The Morgan fingerprint density at radius 3 is 2.65 bits per heavy atom. The van der Waals surface area contributed by atoms with Crippen molar-refractivity contribution in [3.63, 3.8) is 0 Å². The van der Waals surface area contributed by atoms with E-state index in [-0.39, 0.29) is 17.9 Å². The molecule has 0 aromatic rings. The van der Waals surface area contributed by atoms with Gasteiger partial charge in [0.05, 0.1) is 6.04 Å². The summed E-state index contributed by atoms with van der Waals surface area (Å²) in [6.07, 6.45) is 1.53. The van der Waals surface area contributed by atoms with Crippen LogP contribution in [0.4, 0.5) is 0 Å². The van der Waals surface area contributed by atoms with E-state index in [1.54, 1.807) is 4.90 Å². The van der Waals surface area contributed by atoms with Gasteiger partial charge in [-0.05, 0) is 18.8 Å². The van der Waals surface area contributed by atoms with Crippen LogP contribution < -0.4 is 11.1 Å². The molecule has 98 valence electrons. The van der Waals surface area contributed by atoms with Crippen molar-refractivity contribution in [3.8, 4) is 0 Å². The molecule has 1 fully saturated rings. The van der Waals surface area contributed by atoms with Crippen LogP contribution in [0, 0.1) is 5.92 Å². The fourth-order valence-corrected chi connectivity index (χ4v) is 2.21. The van der Waals surface area contributed by atoms with E-state index >= 15 is 0 Å². The molecule has 0 aromatic carbocycles. The zero-order chi connectivity index (χ0) is 13.0. The van der Waals surface area contributed by atoms with Crippen molar-refractivity contribution < 1.29 is 9.59 Å². The van der Waals surface area contributed by atoms with Crippen molar-refractivity contribution in [2.75, 3.05) is 13.1 Å². The van der Waals surface area contributed by atoms with Crippen molar-refractivity contribution in [1.82, 2.24) is 10.2 Å². The highest BCUT2D eigenvalue weighted by atomic mass is 16.2. The van der Waals surface area contributed by atoms with E-state index < -0.39 is 6.04 Å². The summed E-state index contributed by atoms with van der Waals surface area (Å²) in [5.41, 5.74) is 5.87. The van der Waals surface area contributed by atoms with Gasteiger partial charge in [-0.15, -0.1) is 0 Å². The zero-order valence-electron chi connectivity index (χ0n) is 10.9. The fourth-order valence-electron chi connectivity index (χ4n) is 2.21. The van der Waals surface area contributed by atoms with Gasteiger partial charge < -0.3 is 16.0 Å². The molecule has 0 spiro atoms. The molecule has 0 saturated carbocycles. The van der Waals surface area contributed by atoms with E-state index in [0.29, 0.717) is 25.4 Å². The van der Waals surface area contributed by atoms with Crippen LogP contribution in [0.15, 0.2) is 0 Å². The number of nitrogens with zero attached hydrogens (tertiary/aromatic N) is 1. The molecule has 17 heavy (non-hydrogen) atoms. The molecule has 0 aliphatic carbocycles. The van der Waals surface area contributed by atoms with E-state index in [9.17, 15) is 9.59 Å². The summed E-state index contributed by atoms with van der Waals surface area (Å²) in [5, 5.41) is 2.83. The third-order valence-corrected chi connectivity index (χ3v) is 2.95. The van der Waals surface area contributed by atoms with Crippen LogP contribution in [0.5, 0.6) is 0 Å². The Morgan fingerprint density at radius 2 is 2.12 bits per heavy atom. The van der Waals surface area contributed by atoms with Gasteiger partial charge in [0.1, 0.15) is 0 Å². The average molecular weight is 241 g/mol. The second-order valence-electron chi connectivity index (χ2n) is 5.21. The summed E-state index contributed by atoms with van der Waals surface area (Å²) in [5.74, 6) is 0.380. The van der Waals surface area contributed by atoms with Gasteiger partial charge in [-0.25, -0.2) is 0 Å². The van der Waals surface area contributed by atoms with Crippen LogP contribution >= 0.6 is 0 Å². The van der Waals surface area contributed by atoms with Crippen molar-refractivity contribution >= 4 is 11.8 Å². The first-order valence-corrected chi connectivity index (χ1v) is 6.21. The maximum atomic E-state index is 12.0. The van der Waals surface area contributed by atoms with E-state index in [4.69, 9.17) is 5.73 Å². The van der Waals surface area contributed by atoms with Gasteiger partial charge in [0.25, 0.3) is 0 Å². The van der Waals surface area contributed by atoms with E-state index in [1.165, 1.54) is 6.92 Å². The Kier molecular flexibility index (Phi) is 4.93. The molecule has 0 radical (unpaired) electrons. The van der Waals surface area contributed by atoms with Gasteiger partial charge in [-0.3, -0.25) is 9.59 Å². The summed E-state index contributed by atoms with van der Waals surface area (Å²) in [6, 6.07) is -0.325. The van der Waals surface area contributed by atoms with Gasteiger partial charge in [0.15, 0.2) is 0 Å². The van der Waals surface area contributed by atoms with Crippen molar-refractivity contribution in [2.24, 2.45) is 11.7 Å². The monoisotopic (exact) mass is 241 g/mol. The minimum Gasteiger partial charge on any atom is -0.352 e. The van der Waals surface area contributed by atoms with Crippen LogP contribution in [0.2, 0.25) is 0 Å². The third-order valence-electron chi connectivity index (χ3n) is 2.95. The fraction of sp³-hybridized carbons (Fsp3) is 0.833. The molecule has 2 atom stereocenters. The maximum Gasteiger partial charge on any atom is 0.239 e. The predicted octanol–water partition coefficient (Wildman–Crippen LogP) is 0.0968. The van der Waals surface area contributed by atoms with Gasteiger partial charge in [0.2, 0.25) is 11.8 Å². The van der Waals surface area contributed by atoms with Crippen molar-refractivity contribution in [1.29, 1.82) is 0 Å². The highest BCUT2D eigenvalue weighted by molar-refractivity contribution is 5.82. The summed E-state index contributed by atoms with van der Waals surface area (Å²) >= 11 is 0. The van der Waals surface area contributed by atoms with Crippen LogP contribution in [0.1, 0.15) is 33.6 Å². The van der Waals surface area contributed by atoms with Gasteiger partial charge >= 0.3 is 0 Å². The normalized spacial score (nSPS) is 21.7. The van der Waals surface area contributed by atoms with E-state index in [0.717, 1.165) is 6.42 Å². The first-order chi connectivity index (χ1) is 7.90. The second-order valence-corrected chi connectivity index (χ2v) is 5.21. The lowest BCUT2D eigenvalue weighted by Crippen LogP contribution is -2.45. The Bertz CT molecular complexity index is 291. The molecular formula is C12H23N3O2. The predicted molar refractivity (Wildman–Crippen MR) is 66.2 cm³/mol. The number of amides is 2. The Morgan fingerprint density at radius 1 is 1.47 bits per heavy atom. The molecule has 2 amide bonds.